The van der Waals surface area contributed by atoms with E-state index in [1.54, 1.807) is 16.2 Å². The SMILES string of the molecule is CC1CCc2nc(NC(=O)NCC(=O)N3CCN(C)CC3)sc2C1. The zero-order valence-corrected chi connectivity index (χ0v) is 15.1. The van der Waals surface area contributed by atoms with Gasteiger partial charge >= 0.3 is 6.03 Å². The first kappa shape index (κ1) is 17.2. The molecule has 1 aliphatic heterocycles. The number of aryl methyl sites for hydroxylation is 1. The van der Waals surface area contributed by atoms with Crippen LogP contribution in [-0.2, 0) is 17.6 Å². The van der Waals surface area contributed by atoms with Crippen molar-refractivity contribution in [2.24, 2.45) is 5.92 Å². The van der Waals surface area contributed by atoms with Gasteiger partial charge in [0.1, 0.15) is 0 Å². The van der Waals surface area contributed by atoms with Crippen LogP contribution >= 0.6 is 11.3 Å². The summed E-state index contributed by atoms with van der Waals surface area (Å²) in [6.07, 6.45) is 3.18. The van der Waals surface area contributed by atoms with Crippen LogP contribution in [-0.4, -0.2) is 66.5 Å². The summed E-state index contributed by atoms with van der Waals surface area (Å²) in [5, 5.41) is 6.02. The van der Waals surface area contributed by atoms with Gasteiger partial charge in [-0.25, -0.2) is 9.78 Å². The second-order valence-electron chi connectivity index (χ2n) is 6.73. The number of thiazole rings is 1. The van der Waals surface area contributed by atoms with Gasteiger partial charge in [-0.1, -0.05) is 6.92 Å². The minimum Gasteiger partial charge on any atom is -0.339 e. The summed E-state index contributed by atoms with van der Waals surface area (Å²) >= 11 is 1.55. The number of hydrogen-bond acceptors (Lipinski definition) is 5. The molecule has 24 heavy (non-hydrogen) atoms. The average Bonchev–Trinajstić information content (AvgIpc) is 2.94. The van der Waals surface area contributed by atoms with Gasteiger partial charge in [0.15, 0.2) is 5.13 Å². The molecule has 1 aromatic heterocycles. The minimum absolute atomic E-state index is 0.0255. The number of hydrogen-bond donors (Lipinski definition) is 2. The first-order valence-electron chi connectivity index (χ1n) is 8.51. The number of fused-ring (bicyclic) bond motifs is 1. The van der Waals surface area contributed by atoms with Crippen LogP contribution in [0.2, 0.25) is 0 Å². The molecule has 2 heterocycles. The van der Waals surface area contributed by atoms with Crippen LogP contribution in [0.4, 0.5) is 9.93 Å². The first-order valence-corrected chi connectivity index (χ1v) is 9.32. The monoisotopic (exact) mass is 351 g/mol. The number of piperazine rings is 1. The topological polar surface area (TPSA) is 77.6 Å². The third-order valence-corrected chi connectivity index (χ3v) is 5.70. The molecule has 2 aliphatic rings. The van der Waals surface area contributed by atoms with Crippen LogP contribution in [0.5, 0.6) is 0 Å². The van der Waals surface area contributed by atoms with Crippen molar-refractivity contribution in [3.63, 3.8) is 0 Å². The lowest BCUT2D eigenvalue weighted by atomic mass is 9.93. The first-order chi connectivity index (χ1) is 11.5. The molecule has 3 amide bonds. The fraction of sp³-hybridized carbons (Fsp3) is 0.688. The number of urea groups is 1. The molecule has 7 nitrogen and oxygen atoms in total. The molecule has 1 aliphatic carbocycles. The minimum atomic E-state index is -0.364. The molecule has 2 N–H and O–H groups in total. The molecule has 0 spiro atoms. The van der Waals surface area contributed by atoms with Gasteiger partial charge in [0.2, 0.25) is 5.91 Å². The summed E-state index contributed by atoms with van der Waals surface area (Å²) in [7, 11) is 2.04. The average molecular weight is 351 g/mol. The zero-order chi connectivity index (χ0) is 17.1. The number of rotatable bonds is 3. The molecule has 0 saturated carbocycles. The van der Waals surface area contributed by atoms with Gasteiger partial charge in [-0.2, -0.15) is 0 Å². The summed E-state index contributed by atoms with van der Waals surface area (Å²) < 4.78 is 0. The van der Waals surface area contributed by atoms with E-state index >= 15 is 0 Å². The molecule has 1 aromatic rings. The van der Waals surface area contributed by atoms with Crippen molar-refractivity contribution < 1.29 is 9.59 Å². The van der Waals surface area contributed by atoms with Gasteiger partial charge in [-0.3, -0.25) is 10.1 Å². The van der Waals surface area contributed by atoms with Gasteiger partial charge in [0.05, 0.1) is 12.2 Å². The maximum absolute atomic E-state index is 12.1. The number of anilines is 1. The second-order valence-corrected chi connectivity index (χ2v) is 7.81. The second kappa shape index (κ2) is 7.48. The number of likely N-dealkylation sites (N-methyl/N-ethyl adjacent to an activating group) is 1. The Kier molecular flexibility index (Phi) is 5.35. The van der Waals surface area contributed by atoms with Crippen molar-refractivity contribution in [1.82, 2.24) is 20.1 Å². The van der Waals surface area contributed by atoms with Gasteiger partial charge in [-0.05, 0) is 32.2 Å². The largest absolute Gasteiger partial charge is 0.339 e. The van der Waals surface area contributed by atoms with Crippen LogP contribution in [0.1, 0.15) is 23.9 Å². The Morgan fingerprint density at radius 1 is 1.29 bits per heavy atom. The van der Waals surface area contributed by atoms with Crippen LogP contribution in [0.25, 0.3) is 0 Å². The van der Waals surface area contributed by atoms with E-state index in [1.165, 1.54) is 4.88 Å². The van der Waals surface area contributed by atoms with E-state index in [1.807, 2.05) is 7.05 Å². The Morgan fingerprint density at radius 3 is 2.79 bits per heavy atom. The third-order valence-electron chi connectivity index (χ3n) is 4.66. The Labute approximate surface area is 146 Å². The van der Waals surface area contributed by atoms with Crippen molar-refractivity contribution in [3.05, 3.63) is 10.6 Å². The normalized spacial score (nSPS) is 21.2. The van der Waals surface area contributed by atoms with Gasteiger partial charge in [-0.15, -0.1) is 11.3 Å². The molecule has 0 aromatic carbocycles. The standard InChI is InChI=1S/C16H25N5O2S/c1-11-3-4-12-13(9-11)24-16(18-12)19-15(23)17-10-14(22)21-7-5-20(2)6-8-21/h11H,3-10H2,1-2H3,(H2,17,18,19,23). The highest BCUT2D eigenvalue weighted by Gasteiger charge is 2.21. The number of amides is 3. The molecule has 1 fully saturated rings. The van der Waals surface area contributed by atoms with E-state index in [-0.39, 0.29) is 18.5 Å². The zero-order valence-electron chi connectivity index (χ0n) is 14.3. The Morgan fingerprint density at radius 2 is 2.04 bits per heavy atom. The van der Waals surface area contributed by atoms with Crippen molar-refractivity contribution in [1.29, 1.82) is 0 Å². The van der Waals surface area contributed by atoms with Crippen molar-refractivity contribution in [2.75, 3.05) is 45.1 Å². The van der Waals surface area contributed by atoms with E-state index in [0.717, 1.165) is 51.1 Å². The highest BCUT2D eigenvalue weighted by atomic mass is 32.1. The van der Waals surface area contributed by atoms with E-state index in [4.69, 9.17) is 0 Å². The van der Waals surface area contributed by atoms with Crippen LogP contribution in [0.15, 0.2) is 0 Å². The van der Waals surface area contributed by atoms with E-state index in [2.05, 4.69) is 27.4 Å². The number of carbonyl (C=O) groups is 2. The van der Waals surface area contributed by atoms with E-state index in [9.17, 15) is 9.59 Å². The summed E-state index contributed by atoms with van der Waals surface area (Å²) in [5.41, 5.74) is 1.11. The molecule has 1 saturated heterocycles. The summed E-state index contributed by atoms with van der Waals surface area (Å²) in [6, 6.07) is -0.364. The maximum atomic E-state index is 12.1. The fourth-order valence-electron chi connectivity index (χ4n) is 3.06. The number of nitrogens with one attached hydrogen (secondary N) is 2. The van der Waals surface area contributed by atoms with Gasteiger partial charge < -0.3 is 15.1 Å². The lowest BCUT2D eigenvalue weighted by Crippen LogP contribution is -2.50. The van der Waals surface area contributed by atoms with E-state index < -0.39 is 0 Å². The predicted octanol–water partition coefficient (Wildman–Crippen LogP) is 1.16. The summed E-state index contributed by atoms with van der Waals surface area (Å²) in [5.74, 6) is 0.645. The predicted molar refractivity (Wildman–Crippen MR) is 94.4 cm³/mol. The Bertz CT molecular complexity index is 610. The Balaban J connectivity index is 1.45. The number of carbonyl (C=O) groups excluding carboxylic acids is 2. The van der Waals surface area contributed by atoms with E-state index in [0.29, 0.717) is 11.0 Å². The number of aromatic nitrogens is 1. The molecule has 1 unspecified atom stereocenters. The van der Waals surface area contributed by atoms with Crippen LogP contribution in [0.3, 0.4) is 0 Å². The van der Waals surface area contributed by atoms with Gasteiger partial charge in [0, 0.05) is 31.1 Å². The molecular weight excluding hydrogens is 326 g/mol. The molecule has 1 atom stereocenters. The number of nitrogens with zero attached hydrogens (tertiary/aromatic N) is 3. The lowest BCUT2D eigenvalue weighted by molar-refractivity contribution is -0.131. The van der Waals surface area contributed by atoms with Crippen molar-refractivity contribution >= 4 is 28.4 Å². The molecule has 3 rings (SSSR count). The van der Waals surface area contributed by atoms with Crippen molar-refractivity contribution in [2.45, 2.75) is 26.2 Å². The van der Waals surface area contributed by atoms with Crippen LogP contribution < -0.4 is 10.6 Å². The summed E-state index contributed by atoms with van der Waals surface area (Å²) in [6.45, 7) is 5.46. The fourth-order valence-corrected chi connectivity index (χ4v) is 4.22. The molecule has 132 valence electrons. The summed E-state index contributed by atoms with van der Waals surface area (Å²) in [4.78, 5) is 33.9. The third kappa shape index (κ3) is 4.24. The smallest absolute Gasteiger partial charge is 0.321 e. The molecule has 0 bridgehead atoms. The maximum Gasteiger partial charge on any atom is 0.321 e. The van der Waals surface area contributed by atoms with Gasteiger partial charge in [0.25, 0.3) is 0 Å². The highest BCUT2D eigenvalue weighted by molar-refractivity contribution is 7.15. The molecule has 0 radical (unpaired) electrons. The van der Waals surface area contributed by atoms with Crippen LogP contribution in [0, 0.1) is 5.92 Å². The highest BCUT2D eigenvalue weighted by Crippen LogP contribution is 2.31. The quantitative estimate of drug-likeness (QED) is 0.857. The Hall–Kier alpha value is -1.67. The molecular formula is C16H25N5O2S. The molecule has 8 heteroatoms. The lowest BCUT2D eigenvalue weighted by Gasteiger charge is -2.32. The van der Waals surface area contributed by atoms with Crippen molar-refractivity contribution in [3.8, 4) is 0 Å².